The lowest BCUT2D eigenvalue weighted by molar-refractivity contribution is -0.198. The lowest BCUT2D eigenvalue weighted by Gasteiger charge is -2.31. The number of amides is 1. The Balaban J connectivity index is 1.14. The highest BCUT2D eigenvalue weighted by molar-refractivity contribution is 5.81. The summed E-state index contributed by atoms with van der Waals surface area (Å²) in [6.07, 6.45) is 3.07. The molecule has 230 valence electrons. The monoisotopic (exact) mass is 590 g/mol. The van der Waals surface area contributed by atoms with Crippen LogP contribution in [0.4, 0.5) is 5.82 Å². The van der Waals surface area contributed by atoms with Crippen molar-refractivity contribution in [2.75, 3.05) is 12.3 Å². The van der Waals surface area contributed by atoms with Gasteiger partial charge in [-0.3, -0.25) is 9.36 Å². The summed E-state index contributed by atoms with van der Waals surface area (Å²) >= 11 is 0. The van der Waals surface area contributed by atoms with Crippen molar-refractivity contribution in [1.82, 2.24) is 34.4 Å². The maximum Gasteiger partial charge on any atom is 0.222 e. The van der Waals surface area contributed by atoms with E-state index in [9.17, 15) is 4.79 Å². The van der Waals surface area contributed by atoms with Gasteiger partial charge in [0.25, 0.3) is 0 Å². The topological polar surface area (TPSA) is 146 Å². The third-order valence-electron chi connectivity index (χ3n) is 8.31. The number of hydrogen-bond donors (Lipinski definition) is 2. The average Bonchev–Trinajstić information content (AvgIpc) is 3.67. The average molecular weight is 591 g/mol. The second-order valence-electron chi connectivity index (χ2n) is 13.4. The molecule has 3 N–H and O–H groups in total. The fraction of sp³-hybridized carbons (Fsp3) is 0.581. The van der Waals surface area contributed by atoms with Crippen LogP contribution in [0.5, 0.6) is 0 Å². The van der Waals surface area contributed by atoms with Crippen molar-refractivity contribution in [3.8, 4) is 0 Å². The lowest BCUT2D eigenvalue weighted by Crippen LogP contribution is -2.46. The van der Waals surface area contributed by atoms with Gasteiger partial charge in [0.15, 0.2) is 23.5 Å². The lowest BCUT2D eigenvalue weighted by atomic mass is 9.87. The van der Waals surface area contributed by atoms with Crippen molar-refractivity contribution >= 4 is 33.9 Å². The number of carbonyl (C=O) groups excluding carboxylic acids is 1. The first-order chi connectivity index (χ1) is 20.3. The fourth-order valence-electron chi connectivity index (χ4n) is 6.08. The molecule has 0 bridgehead atoms. The van der Waals surface area contributed by atoms with Gasteiger partial charge in [-0.1, -0.05) is 26.8 Å². The summed E-state index contributed by atoms with van der Waals surface area (Å²) in [6.45, 7) is 14.8. The number of nitrogens with zero attached hydrogens (tertiary/aromatic N) is 6. The third-order valence-corrected chi connectivity index (χ3v) is 8.31. The van der Waals surface area contributed by atoms with Gasteiger partial charge in [0.1, 0.15) is 36.0 Å². The van der Waals surface area contributed by atoms with Gasteiger partial charge in [0, 0.05) is 25.4 Å². The van der Waals surface area contributed by atoms with E-state index in [1.165, 1.54) is 11.9 Å². The minimum atomic E-state index is -0.799. The van der Waals surface area contributed by atoms with Crippen LogP contribution in [0, 0.1) is 0 Å². The van der Waals surface area contributed by atoms with E-state index < -0.39 is 24.2 Å². The molecule has 0 unspecified atom stereocenters. The molecule has 0 radical (unpaired) electrons. The van der Waals surface area contributed by atoms with Gasteiger partial charge in [0.2, 0.25) is 5.91 Å². The highest BCUT2D eigenvalue weighted by Crippen LogP contribution is 2.44. The van der Waals surface area contributed by atoms with Crippen LogP contribution >= 0.6 is 0 Å². The van der Waals surface area contributed by atoms with Gasteiger partial charge in [0.05, 0.1) is 17.4 Å². The number of carbonyl (C=O) groups is 1. The molecule has 43 heavy (non-hydrogen) atoms. The van der Waals surface area contributed by atoms with E-state index in [-0.39, 0.29) is 23.5 Å². The normalized spacial score (nSPS) is 23.4. The summed E-state index contributed by atoms with van der Waals surface area (Å²) in [5.74, 6) is 0.460. The summed E-state index contributed by atoms with van der Waals surface area (Å²) in [5, 5.41) is 0. The number of hydrogen-bond acceptors (Lipinski definition) is 9. The Morgan fingerprint density at radius 1 is 1.16 bits per heavy atom. The molecule has 1 aromatic carbocycles. The van der Waals surface area contributed by atoms with Crippen LogP contribution in [-0.4, -0.2) is 77.0 Å². The number of aromatic nitrogens is 6. The van der Waals surface area contributed by atoms with Crippen LogP contribution in [0.3, 0.4) is 0 Å². The predicted molar refractivity (Wildman–Crippen MR) is 162 cm³/mol. The number of nitrogens with two attached hydrogens (primary N) is 1. The number of nitrogen functional groups attached to an aromatic ring is 1. The Kier molecular flexibility index (Phi) is 7.42. The highest BCUT2D eigenvalue weighted by atomic mass is 16.8. The zero-order valence-corrected chi connectivity index (χ0v) is 26.0. The molecule has 4 atom stereocenters. The van der Waals surface area contributed by atoms with Crippen molar-refractivity contribution in [3.05, 3.63) is 42.2 Å². The first-order valence-corrected chi connectivity index (χ1v) is 15.0. The minimum Gasteiger partial charge on any atom is -0.382 e. The van der Waals surface area contributed by atoms with Crippen molar-refractivity contribution < 1.29 is 19.0 Å². The van der Waals surface area contributed by atoms with E-state index in [0.717, 1.165) is 16.9 Å². The van der Waals surface area contributed by atoms with Crippen molar-refractivity contribution in [2.24, 2.45) is 0 Å². The third kappa shape index (κ3) is 5.71. The summed E-state index contributed by atoms with van der Waals surface area (Å²) in [7, 11) is 0. The second-order valence-corrected chi connectivity index (χ2v) is 13.4. The number of anilines is 1. The largest absolute Gasteiger partial charge is 0.382 e. The maximum atomic E-state index is 13.6. The molecule has 12 nitrogen and oxygen atoms in total. The van der Waals surface area contributed by atoms with Crippen molar-refractivity contribution in [2.45, 2.75) is 110 Å². The molecular formula is C31H42N8O4. The maximum absolute atomic E-state index is 13.6. The van der Waals surface area contributed by atoms with E-state index in [2.05, 4.69) is 58.9 Å². The molecule has 6 rings (SSSR count). The van der Waals surface area contributed by atoms with Gasteiger partial charge >= 0.3 is 0 Å². The van der Waals surface area contributed by atoms with Gasteiger partial charge in [-0.25, -0.2) is 19.9 Å². The first kappa shape index (κ1) is 29.5. The Morgan fingerprint density at radius 3 is 2.67 bits per heavy atom. The molecule has 0 saturated carbocycles. The number of rotatable bonds is 8. The Bertz CT molecular complexity index is 1640. The van der Waals surface area contributed by atoms with Crippen molar-refractivity contribution in [1.29, 1.82) is 0 Å². The number of fused-ring (bicyclic) bond motifs is 3. The van der Waals surface area contributed by atoms with E-state index in [1.54, 1.807) is 6.33 Å². The molecule has 5 heterocycles. The predicted octanol–water partition coefficient (Wildman–Crippen LogP) is 4.26. The molecule has 2 fully saturated rings. The number of H-pyrrole nitrogens is 1. The second kappa shape index (κ2) is 10.8. The summed E-state index contributed by atoms with van der Waals surface area (Å²) < 4.78 is 21.0. The standard InChI is InChI=1S/C31H42N8O4/c1-17(2)38(23(40)10-8-9-22-36-19-12-11-18(30(3,4)5)13-20(19)37-22)14-21-25-26(43-31(6,7)42-25)29(41-21)39-16-35-24-27(32)33-15-34-28(24)39/h11-13,15-17,21,25-26,29H,8-10,14H2,1-7H3,(H,36,37)(H2,32,33,34)/t21-,25-,26-,29-/m1/s1. The first-order valence-electron chi connectivity index (χ1n) is 15.0. The molecule has 0 spiro atoms. The highest BCUT2D eigenvalue weighted by Gasteiger charge is 2.56. The zero-order valence-electron chi connectivity index (χ0n) is 26.0. The molecule has 12 heteroatoms. The minimum absolute atomic E-state index is 0.0208. The molecule has 0 aliphatic carbocycles. The Labute approximate surface area is 251 Å². The van der Waals surface area contributed by atoms with Crippen LogP contribution in [0.25, 0.3) is 22.2 Å². The number of aromatic amines is 1. The quantitative estimate of drug-likeness (QED) is 0.307. The summed E-state index contributed by atoms with van der Waals surface area (Å²) in [4.78, 5) is 36.5. The molecule has 2 aliphatic heterocycles. The molecule has 4 aromatic rings. The van der Waals surface area contributed by atoms with Gasteiger partial charge in [-0.05, 0) is 57.2 Å². The van der Waals surface area contributed by atoms with E-state index in [1.807, 2.05) is 37.2 Å². The van der Waals surface area contributed by atoms with E-state index in [4.69, 9.17) is 24.9 Å². The van der Waals surface area contributed by atoms with Gasteiger partial charge in [-0.2, -0.15) is 0 Å². The summed E-state index contributed by atoms with van der Waals surface area (Å²) in [6, 6.07) is 6.35. The molecule has 2 saturated heterocycles. The smallest absolute Gasteiger partial charge is 0.222 e. The SMILES string of the molecule is CC(C)N(C[C@H]1O[C@@H](n2cnc3c(N)ncnc32)[C@@H]2OC(C)(C)O[C@@H]21)C(=O)CCCc1nc2ccc(C(C)(C)C)cc2[nH]1. The molecular weight excluding hydrogens is 548 g/mol. The number of ether oxygens (including phenoxy) is 3. The number of nitrogens with one attached hydrogen (secondary N) is 1. The number of aryl methyl sites for hydroxylation is 1. The van der Waals surface area contributed by atoms with Crippen LogP contribution in [-0.2, 0) is 30.8 Å². The number of imidazole rings is 2. The van der Waals surface area contributed by atoms with Crippen LogP contribution in [0.2, 0.25) is 0 Å². The van der Waals surface area contributed by atoms with E-state index in [0.29, 0.717) is 42.8 Å². The molecule has 3 aromatic heterocycles. The number of benzene rings is 1. The molecule has 2 aliphatic rings. The van der Waals surface area contributed by atoms with Crippen LogP contribution < -0.4 is 5.73 Å². The van der Waals surface area contributed by atoms with Gasteiger partial charge in [-0.15, -0.1) is 0 Å². The summed E-state index contributed by atoms with van der Waals surface area (Å²) in [5.41, 5.74) is 10.4. The molecule has 1 amide bonds. The van der Waals surface area contributed by atoms with Crippen LogP contribution in [0.1, 0.15) is 78.9 Å². The Morgan fingerprint density at radius 2 is 1.93 bits per heavy atom. The van der Waals surface area contributed by atoms with Crippen LogP contribution in [0.15, 0.2) is 30.9 Å². The zero-order chi connectivity index (χ0) is 30.7. The van der Waals surface area contributed by atoms with Gasteiger partial charge < -0.3 is 29.8 Å². The van der Waals surface area contributed by atoms with E-state index >= 15 is 0 Å². The Hall–Kier alpha value is -3.61. The fourth-order valence-corrected chi connectivity index (χ4v) is 6.08. The van der Waals surface area contributed by atoms with Crippen molar-refractivity contribution in [3.63, 3.8) is 0 Å².